The van der Waals surface area contributed by atoms with Crippen LogP contribution in [-0.2, 0) is 12.5 Å². The van der Waals surface area contributed by atoms with Crippen LogP contribution in [0.1, 0.15) is 55.8 Å². The maximum atomic E-state index is 12.9. The SMILES string of the molecule is Cn1nc(C(C)(C)C)cc1C(=O)N1CCC[C@@H](n2cncn2)C1. The second kappa shape index (κ2) is 5.79. The smallest absolute Gasteiger partial charge is 0.272 e. The number of piperidine rings is 1. The van der Waals surface area contributed by atoms with E-state index in [-0.39, 0.29) is 17.4 Å². The van der Waals surface area contributed by atoms with Gasteiger partial charge in [0, 0.05) is 25.6 Å². The molecule has 0 N–H and O–H groups in total. The molecule has 2 aromatic rings. The van der Waals surface area contributed by atoms with Crippen LogP contribution in [-0.4, -0.2) is 48.4 Å². The average molecular weight is 316 g/mol. The van der Waals surface area contributed by atoms with Gasteiger partial charge < -0.3 is 4.90 Å². The number of hydrogen-bond acceptors (Lipinski definition) is 4. The van der Waals surface area contributed by atoms with E-state index in [2.05, 4.69) is 36.0 Å². The summed E-state index contributed by atoms with van der Waals surface area (Å²) in [5, 5.41) is 8.72. The molecule has 0 radical (unpaired) electrons. The molecular formula is C16H24N6O. The molecule has 1 aliphatic rings. The van der Waals surface area contributed by atoms with Crippen molar-refractivity contribution in [3.05, 3.63) is 30.1 Å². The van der Waals surface area contributed by atoms with Crippen molar-refractivity contribution in [2.45, 2.75) is 45.1 Å². The van der Waals surface area contributed by atoms with Gasteiger partial charge in [-0.05, 0) is 18.9 Å². The Hall–Kier alpha value is -2.18. The molecule has 2 aromatic heterocycles. The van der Waals surface area contributed by atoms with Gasteiger partial charge in [0.05, 0.1) is 11.7 Å². The van der Waals surface area contributed by atoms with Gasteiger partial charge >= 0.3 is 0 Å². The average Bonchev–Trinajstić information content (AvgIpc) is 3.15. The number of carbonyl (C=O) groups excluding carboxylic acids is 1. The molecule has 1 amide bonds. The number of carbonyl (C=O) groups is 1. The topological polar surface area (TPSA) is 68.8 Å². The molecule has 1 saturated heterocycles. The third-order valence-electron chi connectivity index (χ3n) is 4.36. The van der Waals surface area contributed by atoms with Gasteiger partial charge in [0.2, 0.25) is 0 Å². The molecule has 23 heavy (non-hydrogen) atoms. The van der Waals surface area contributed by atoms with Crippen molar-refractivity contribution in [1.29, 1.82) is 0 Å². The normalized spacial score (nSPS) is 19.1. The third-order valence-corrected chi connectivity index (χ3v) is 4.36. The van der Waals surface area contributed by atoms with Crippen molar-refractivity contribution in [3.63, 3.8) is 0 Å². The van der Waals surface area contributed by atoms with E-state index in [1.807, 2.05) is 22.7 Å². The maximum absolute atomic E-state index is 12.9. The summed E-state index contributed by atoms with van der Waals surface area (Å²) in [7, 11) is 1.83. The van der Waals surface area contributed by atoms with Crippen molar-refractivity contribution < 1.29 is 4.79 Å². The largest absolute Gasteiger partial charge is 0.335 e. The lowest BCUT2D eigenvalue weighted by molar-refractivity contribution is 0.0661. The first kappa shape index (κ1) is 15.7. The van der Waals surface area contributed by atoms with E-state index >= 15 is 0 Å². The van der Waals surface area contributed by atoms with Gasteiger partial charge in [-0.1, -0.05) is 20.8 Å². The molecule has 7 heteroatoms. The van der Waals surface area contributed by atoms with Gasteiger partial charge in [0.15, 0.2) is 0 Å². The molecule has 124 valence electrons. The lowest BCUT2D eigenvalue weighted by Crippen LogP contribution is -2.41. The first-order valence-electron chi connectivity index (χ1n) is 8.04. The summed E-state index contributed by atoms with van der Waals surface area (Å²) in [6, 6.07) is 2.12. The minimum atomic E-state index is -0.0680. The van der Waals surface area contributed by atoms with Gasteiger partial charge in [-0.3, -0.25) is 9.48 Å². The number of aryl methyl sites for hydroxylation is 1. The summed E-state index contributed by atoms with van der Waals surface area (Å²) in [4.78, 5) is 18.8. The van der Waals surface area contributed by atoms with Crippen LogP contribution in [0.2, 0.25) is 0 Å². The van der Waals surface area contributed by atoms with E-state index in [4.69, 9.17) is 0 Å². The van der Waals surface area contributed by atoms with Gasteiger partial charge in [-0.25, -0.2) is 9.67 Å². The highest BCUT2D eigenvalue weighted by atomic mass is 16.2. The molecule has 3 rings (SSSR count). The van der Waals surface area contributed by atoms with Gasteiger partial charge in [-0.15, -0.1) is 0 Å². The fourth-order valence-corrected chi connectivity index (χ4v) is 2.96. The lowest BCUT2D eigenvalue weighted by Gasteiger charge is -2.32. The van der Waals surface area contributed by atoms with Crippen LogP contribution in [0.15, 0.2) is 18.7 Å². The Morgan fingerprint density at radius 2 is 2.13 bits per heavy atom. The Morgan fingerprint density at radius 1 is 1.35 bits per heavy atom. The molecule has 0 aliphatic carbocycles. The highest BCUT2D eigenvalue weighted by Crippen LogP contribution is 2.24. The standard InChI is InChI=1S/C16H24N6O/c1-16(2,3)14-8-13(20(4)19-14)15(23)21-7-5-6-12(9-21)22-11-17-10-18-22/h8,10-12H,5-7,9H2,1-4H3/t12-/m1/s1. The van der Waals surface area contributed by atoms with E-state index in [1.165, 1.54) is 6.33 Å². The molecule has 1 aliphatic heterocycles. The lowest BCUT2D eigenvalue weighted by atomic mass is 9.92. The molecule has 1 atom stereocenters. The van der Waals surface area contributed by atoms with Crippen LogP contribution >= 0.6 is 0 Å². The number of nitrogens with zero attached hydrogens (tertiary/aromatic N) is 6. The molecule has 0 unspecified atom stereocenters. The van der Waals surface area contributed by atoms with E-state index in [9.17, 15) is 4.79 Å². The highest BCUT2D eigenvalue weighted by molar-refractivity contribution is 5.92. The summed E-state index contributed by atoms with van der Waals surface area (Å²) >= 11 is 0. The Balaban J connectivity index is 1.79. The fraction of sp³-hybridized carbons (Fsp3) is 0.625. The molecule has 7 nitrogen and oxygen atoms in total. The molecule has 0 saturated carbocycles. The quantitative estimate of drug-likeness (QED) is 0.847. The molecule has 0 aromatic carbocycles. The predicted octanol–water partition coefficient (Wildman–Crippen LogP) is 1.79. The monoisotopic (exact) mass is 316 g/mol. The molecule has 1 fully saturated rings. The highest BCUT2D eigenvalue weighted by Gasteiger charge is 2.29. The van der Waals surface area contributed by atoms with Crippen molar-refractivity contribution in [1.82, 2.24) is 29.4 Å². The van der Waals surface area contributed by atoms with Crippen molar-refractivity contribution in [2.24, 2.45) is 7.05 Å². The molecule has 0 bridgehead atoms. The van der Waals surface area contributed by atoms with Crippen LogP contribution in [0.5, 0.6) is 0 Å². The summed E-state index contributed by atoms with van der Waals surface area (Å²) in [5.41, 5.74) is 1.52. The molecule has 0 spiro atoms. The van der Waals surface area contributed by atoms with Crippen LogP contribution in [0.25, 0.3) is 0 Å². The Labute approximate surface area is 136 Å². The first-order valence-corrected chi connectivity index (χ1v) is 8.04. The number of amides is 1. The summed E-state index contributed by atoms with van der Waals surface area (Å²) < 4.78 is 3.55. The van der Waals surface area contributed by atoms with E-state index < -0.39 is 0 Å². The van der Waals surface area contributed by atoms with Crippen molar-refractivity contribution in [2.75, 3.05) is 13.1 Å². The zero-order valence-corrected chi connectivity index (χ0v) is 14.2. The van der Waals surface area contributed by atoms with Crippen LogP contribution < -0.4 is 0 Å². The van der Waals surface area contributed by atoms with Gasteiger partial charge in [-0.2, -0.15) is 10.2 Å². The maximum Gasteiger partial charge on any atom is 0.272 e. The Bertz CT molecular complexity index is 682. The number of likely N-dealkylation sites (tertiary alicyclic amines) is 1. The molecular weight excluding hydrogens is 292 g/mol. The third kappa shape index (κ3) is 3.13. The first-order chi connectivity index (χ1) is 10.9. The second-order valence-electron chi connectivity index (χ2n) is 7.21. The summed E-state index contributed by atoms with van der Waals surface area (Å²) in [6.45, 7) is 7.75. The van der Waals surface area contributed by atoms with Crippen LogP contribution in [0.3, 0.4) is 0 Å². The fourth-order valence-electron chi connectivity index (χ4n) is 2.96. The van der Waals surface area contributed by atoms with E-state index in [1.54, 1.807) is 11.0 Å². The van der Waals surface area contributed by atoms with Gasteiger partial charge in [0.1, 0.15) is 18.3 Å². The van der Waals surface area contributed by atoms with Crippen LogP contribution in [0.4, 0.5) is 0 Å². The number of rotatable bonds is 2. The van der Waals surface area contributed by atoms with Crippen LogP contribution in [0, 0.1) is 0 Å². The summed E-state index contributed by atoms with van der Waals surface area (Å²) in [5.74, 6) is 0.0420. The predicted molar refractivity (Wildman–Crippen MR) is 86.1 cm³/mol. The Kier molecular flexibility index (Phi) is 3.95. The number of aromatic nitrogens is 5. The molecule has 3 heterocycles. The zero-order chi connectivity index (χ0) is 16.6. The number of hydrogen-bond donors (Lipinski definition) is 0. The van der Waals surface area contributed by atoms with Crippen molar-refractivity contribution >= 4 is 5.91 Å². The van der Waals surface area contributed by atoms with E-state index in [0.717, 1.165) is 25.1 Å². The minimum absolute atomic E-state index is 0.0420. The summed E-state index contributed by atoms with van der Waals surface area (Å²) in [6.07, 6.45) is 5.25. The van der Waals surface area contributed by atoms with Crippen molar-refractivity contribution in [3.8, 4) is 0 Å². The van der Waals surface area contributed by atoms with Gasteiger partial charge in [0.25, 0.3) is 5.91 Å². The Morgan fingerprint density at radius 3 is 2.74 bits per heavy atom. The minimum Gasteiger partial charge on any atom is -0.335 e. The van der Waals surface area contributed by atoms with E-state index in [0.29, 0.717) is 12.2 Å². The zero-order valence-electron chi connectivity index (χ0n) is 14.2. The second-order valence-corrected chi connectivity index (χ2v) is 7.21.